The Bertz CT molecular complexity index is 944. The lowest BCUT2D eigenvalue weighted by Crippen LogP contribution is -2.25. The van der Waals surface area contributed by atoms with Gasteiger partial charge in [0.1, 0.15) is 0 Å². The average Bonchev–Trinajstić information content (AvgIpc) is 2.97. The number of nitrogens with one attached hydrogen (secondary N) is 1. The summed E-state index contributed by atoms with van der Waals surface area (Å²) in [5, 5.41) is 4.93. The van der Waals surface area contributed by atoms with E-state index in [2.05, 4.69) is 12.2 Å². The van der Waals surface area contributed by atoms with Gasteiger partial charge in [0.15, 0.2) is 0 Å². The fourth-order valence-electron chi connectivity index (χ4n) is 3.25. The van der Waals surface area contributed by atoms with Gasteiger partial charge in [-0.05, 0) is 49.2 Å². The van der Waals surface area contributed by atoms with Crippen LogP contribution in [0.15, 0.2) is 42.5 Å². The highest BCUT2D eigenvalue weighted by atomic mass is 35.5. The summed E-state index contributed by atoms with van der Waals surface area (Å²) in [6.07, 6.45) is 3.33. The molecule has 1 amide bonds. The second-order valence-electron chi connectivity index (χ2n) is 7.06. The number of benzene rings is 2. The van der Waals surface area contributed by atoms with Crippen molar-refractivity contribution < 1.29 is 14.0 Å². The summed E-state index contributed by atoms with van der Waals surface area (Å²) in [5.41, 5.74) is 2.89. The van der Waals surface area contributed by atoms with Crippen molar-refractivity contribution in [3.8, 4) is 0 Å². The van der Waals surface area contributed by atoms with Crippen molar-refractivity contribution in [3.05, 3.63) is 74.8 Å². The van der Waals surface area contributed by atoms with Gasteiger partial charge >= 0.3 is 0 Å². The third kappa shape index (κ3) is 4.74. The topological polar surface area (TPSA) is 41.6 Å². The normalized spacial score (nSPS) is 18.7. The molecule has 0 radical (unpaired) electrons. The van der Waals surface area contributed by atoms with Crippen molar-refractivity contribution in [1.82, 2.24) is 10.4 Å². The van der Waals surface area contributed by atoms with E-state index in [4.69, 9.17) is 28.0 Å². The average molecular weight is 437 g/mol. The Morgan fingerprint density at radius 1 is 1.21 bits per heavy atom. The Hall–Kier alpha value is -2.08. The SMILES string of the molecule is CCCCNC(=O)c1ccc(C2=CC(F)(c3cc(Cl)cc(Cl)c3)ON2C)cc1C. The smallest absolute Gasteiger partial charge is 0.279 e. The summed E-state index contributed by atoms with van der Waals surface area (Å²) in [7, 11) is 1.63. The summed E-state index contributed by atoms with van der Waals surface area (Å²) < 4.78 is 15.6. The molecule has 0 aromatic heterocycles. The highest BCUT2D eigenvalue weighted by Gasteiger charge is 2.40. The van der Waals surface area contributed by atoms with Crippen molar-refractivity contribution in [3.63, 3.8) is 0 Å². The van der Waals surface area contributed by atoms with Gasteiger partial charge in [-0.2, -0.15) is 4.39 Å². The maximum absolute atomic E-state index is 15.6. The van der Waals surface area contributed by atoms with E-state index >= 15 is 4.39 Å². The molecular formula is C22H23Cl2FN2O2. The molecule has 4 nitrogen and oxygen atoms in total. The van der Waals surface area contributed by atoms with E-state index in [0.29, 0.717) is 27.9 Å². The Kier molecular flexibility index (Phi) is 6.52. The zero-order chi connectivity index (χ0) is 21.2. The Balaban J connectivity index is 1.89. The summed E-state index contributed by atoms with van der Waals surface area (Å²) in [5.74, 6) is -2.30. The molecule has 154 valence electrons. The molecule has 1 heterocycles. The minimum atomic E-state index is -2.19. The predicted molar refractivity (Wildman–Crippen MR) is 114 cm³/mol. The molecule has 7 heteroatoms. The van der Waals surface area contributed by atoms with E-state index in [1.54, 1.807) is 19.2 Å². The summed E-state index contributed by atoms with van der Waals surface area (Å²) in [6.45, 7) is 4.57. The Morgan fingerprint density at radius 3 is 2.52 bits per heavy atom. The van der Waals surface area contributed by atoms with Gasteiger partial charge in [0.25, 0.3) is 11.8 Å². The quantitative estimate of drug-likeness (QED) is 0.575. The van der Waals surface area contributed by atoms with Crippen LogP contribution in [0.25, 0.3) is 5.70 Å². The molecule has 2 aromatic rings. The maximum Gasteiger partial charge on any atom is 0.279 e. The standard InChI is InChI=1S/C22H23Cl2FN2O2/c1-4-5-8-26-21(28)19-7-6-15(9-14(19)2)20-13-22(25,29-27(20)3)16-10-17(23)12-18(24)11-16/h6-7,9-13H,4-5,8H2,1-3H3,(H,26,28). The van der Waals surface area contributed by atoms with Gasteiger partial charge in [0.2, 0.25) is 0 Å². The van der Waals surface area contributed by atoms with Crippen LogP contribution in [-0.4, -0.2) is 24.6 Å². The molecule has 0 bridgehead atoms. The lowest BCUT2D eigenvalue weighted by molar-refractivity contribution is -0.224. The number of hydroxylamine groups is 2. The van der Waals surface area contributed by atoms with Crippen LogP contribution >= 0.6 is 23.2 Å². The van der Waals surface area contributed by atoms with E-state index < -0.39 is 5.85 Å². The summed E-state index contributed by atoms with van der Waals surface area (Å²) >= 11 is 12.0. The predicted octanol–water partition coefficient (Wildman–Crippen LogP) is 5.87. The largest absolute Gasteiger partial charge is 0.352 e. The van der Waals surface area contributed by atoms with Crippen molar-refractivity contribution >= 4 is 34.8 Å². The van der Waals surface area contributed by atoms with Gasteiger partial charge in [-0.15, -0.1) is 0 Å². The van der Waals surface area contributed by atoms with Crippen LogP contribution in [-0.2, 0) is 10.7 Å². The summed E-state index contributed by atoms with van der Waals surface area (Å²) in [6, 6.07) is 9.87. The van der Waals surface area contributed by atoms with Crippen LogP contribution in [0.1, 0.15) is 46.8 Å². The summed E-state index contributed by atoms with van der Waals surface area (Å²) in [4.78, 5) is 17.8. The van der Waals surface area contributed by atoms with Crippen molar-refractivity contribution in [2.24, 2.45) is 0 Å². The first-order chi connectivity index (χ1) is 13.7. The minimum Gasteiger partial charge on any atom is -0.352 e. The van der Waals surface area contributed by atoms with Crippen LogP contribution < -0.4 is 5.32 Å². The molecule has 0 saturated heterocycles. The fraction of sp³-hybridized carbons (Fsp3) is 0.318. The van der Waals surface area contributed by atoms with Gasteiger partial charge in [-0.3, -0.25) is 9.86 Å². The van der Waals surface area contributed by atoms with Gasteiger partial charge < -0.3 is 5.32 Å². The molecule has 2 aromatic carbocycles. The molecule has 0 saturated carbocycles. The molecule has 0 aliphatic carbocycles. The highest BCUT2D eigenvalue weighted by Crippen LogP contribution is 2.42. The van der Waals surface area contributed by atoms with Gasteiger partial charge in [0.05, 0.1) is 5.70 Å². The van der Waals surface area contributed by atoms with E-state index in [-0.39, 0.29) is 11.5 Å². The maximum atomic E-state index is 15.6. The first-order valence-corrected chi connectivity index (χ1v) is 10.2. The number of unbranched alkanes of at least 4 members (excludes halogenated alkanes) is 1. The second-order valence-corrected chi connectivity index (χ2v) is 7.93. The van der Waals surface area contributed by atoms with E-state index in [0.717, 1.165) is 24.0 Å². The van der Waals surface area contributed by atoms with E-state index in [1.165, 1.54) is 29.3 Å². The first kappa shape index (κ1) is 21.6. The zero-order valence-corrected chi connectivity index (χ0v) is 18.1. The van der Waals surface area contributed by atoms with Crippen molar-refractivity contribution in [2.45, 2.75) is 32.5 Å². The third-order valence-electron chi connectivity index (χ3n) is 4.77. The van der Waals surface area contributed by atoms with E-state index in [1.807, 2.05) is 13.0 Å². The Morgan fingerprint density at radius 2 is 1.90 bits per heavy atom. The highest BCUT2D eigenvalue weighted by molar-refractivity contribution is 6.34. The molecule has 0 spiro atoms. The third-order valence-corrected chi connectivity index (χ3v) is 5.21. The number of carbonyl (C=O) groups excluding carboxylic acids is 1. The monoisotopic (exact) mass is 436 g/mol. The van der Waals surface area contributed by atoms with Crippen molar-refractivity contribution in [1.29, 1.82) is 0 Å². The van der Waals surface area contributed by atoms with Gasteiger partial charge in [-0.1, -0.05) is 42.6 Å². The second kappa shape index (κ2) is 8.74. The van der Waals surface area contributed by atoms with Crippen LogP contribution in [0.3, 0.4) is 0 Å². The number of hydrogen-bond acceptors (Lipinski definition) is 3. The van der Waals surface area contributed by atoms with Gasteiger partial charge in [0, 0.05) is 46.4 Å². The molecule has 1 unspecified atom stereocenters. The molecule has 1 N–H and O–H groups in total. The number of aryl methyl sites for hydroxylation is 1. The number of halogens is 3. The van der Waals surface area contributed by atoms with Crippen LogP contribution in [0.2, 0.25) is 10.0 Å². The number of hydrogen-bond donors (Lipinski definition) is 1. The van der Waals surface area contributed by atoms with E-state index in [9.17, 15) is 4.79 Å². The van der Waals surface area contributed by atoms with Crippen LogP contribution in [0.5, 0.6) is 0 Å². The van der Waals surface area contributed by atoms with Crippen molar-refractivity contribution in [2.75, 3.05) is 13.6 Å². The van der Waals surface area contributed by atoms with Crippen LogP contribution in [0.4, 0.5) is 4.39 Å². The number of alkyl halides is 1. The lowest BCUT2D eigenvalue weighted by atomic mass is 10.0. The number of amides is 1. The lowest BCUT2D eigenvalue weighted by Gasteiger charge is -2.21. The van der Waals surface area contributed by atoms with Gasteiger partial charge in [-0.25, -0.2) is 4.84 Å². The molecule has 1 aliphatic rings. The molecule has 0 fully saturated rings. The molecular weight excluding hydrogens is 414 g/mol. The zero-order valence-electron chi connectivity index (χ0n) is 16.6. The molecule has 1 atom stereocenters. The fourth-order valence-corrected chi connectivity index (χ4v) is 3.77. The number of rotatable bonds is 6. The number of carbonyl (C=O) groups is 1. The molecule has 29 heavy (non-hydrogen) atoms. The van der Waals surface area contributed by atoms with Crippen LogP contribution in [0, 0.1) is 6.92 Å². The molecule has 1 aliphatic heterocycles. The Labute approximate surface area is 180 Å². The number of nitrogens with zero attached hydrogens (tertiary/aromatic N) is 1. The molecule has 3 rings (SSSR count). The first-order valence-electron chi connectivity index (χ1n) is 9.44. The minimum absolute atomic E-state index is 0.110.